The molecule has 0 saturated carbocycles. The Kier molecular flexibility index (Phi) is 7.90. The van der Waals surface area contributed by atoms with Crippen LogP contribution in [-0.2, 0) is 11.3 Å². The third-order valence-corrected chi connectivity index (χ3v) is 7.25. The molecule has 1 aromatic heterocycles. The van der Waals surface area contributed by atoms with E-state index in [0.29, 0.717) is 43.2 Å². The summed E-state index contributed by atoms with van der Waals surface area (Å²) in [6.45, 7) is 1.70. The molecule has 0 radical (unpaired) electrons. The van der Waals surface area contributed by atoms with Crippen LogP contribution in [0.5, 0.6) is 11.5 Å². The maximum atomic E-state index is 13.3. The van der Waals surface area contributed by atoms with Gasteiger partial charge in [-0.25, -0.2) is 4.79 Å². The zero-order valence-corrected chi connectivity index (χ0v) is 21.1. The van der Waals surface area contributed by atoms with Crippen LogP contribution in [0, 0.1) is 5.92 Å². The monoisotopic (exact) mass is 500 g/mol. The number of benzene rings is 1. The zero-order chi connectivity index (χ0) is 24.9. The Hall–Kier alpha value is -3.14. The molecule has 2 aromatic rings. The fraction of sp³-hybridized carbons (Fsp3) is 0.480. The van der Waals surface area contributed by atoms with Crippen molar-refractivity contribution in [1.82, 2.24) is 14.8 Å². The number of anilines is 1. The molecule has 1 fully saturated rings. The van der Waals surface area contributed by atoms with Crippen molar-refractivity contribution in [3.63, 3.8) is 0 Å². The largest absolute Gasteiger partial charge is 0.497 e. The summed E-state index contributed by atoms with van der Waals surface area (Å²) in [5.41, 5.74) is 1.53. The van der Waals surface area contributed by atoms with Gasteiger partial charge in [0.2, 0.25) is 5.91 Å². The minimum absolute atomic E-state index is 0.0121. The predicted octanol–water partition coefficient (Wildman–Crippen LogP) is 2.75. The van der Waals surface area contributed by atoms with Gasteiger partial charge < -0.3 is 29.6 Å². The van der Waals surface area contributed by atoms with Gasteiger partial charge >= 0.3 is 6.03 Å². The third-order valence-electron chi connectivity index (χ3n) is 6.61. The highest BCUT2D eigenvalue weighted by Crippen LogP contribution is 2.35. The SMILES string of the molecule is COc1cc(NC(=O)[C@H](CCSC)NC(=O)N2C[C@@H]3C[C@H](C2)c2cccc(=O)n2C3)cc(OC)c1. The number of urea groups is 1. The lowest BCUT2D eigenvalue weighted by atomic mass is 9.83. The van der Waals surface area contributed by atoms with E-state index in [1.54, 1.807) is 61.2 Å². The van der Waals surface area contributed by atoms with E-state index in [0.717, 1.165) is 17.9 Å². The van der Waals surface area contributed by atoms with Crippen molar-refractivity contribution >= 4 is 29.4 Å². The Morgan fingerprint density at radius 3 is 2.54 bits per heavy atom. The molecule has 9 nitrogen and oxygen atoms in total. The molecule has 10 heteroatoms. The molecule has 2 aliphatic rings. The van der Waals surface area contributed by atoms with Gasteiger partial charge in [-0.2, -0.15) is 11.8 Å². The van der Waals surface area contributed by atoms with Crippen LogP contribution >= 0.6 is 11.8 Å². The minimum atomic E-state index is -0.691. The lowest BCUT2D eigenvalue weighted by molar-refractivity contribution is -0.118. The number of fused-ring (bicyclic) bond motifs is 4. The number of pyridine rings is 1. The van der Waals surface area contributed by atoms with Crippen molar-refractivity contribution in [1.29, 1.82) is 0 Å². The van der Waals surface area contributed by atoms with Crippen molar-refractivity contribution in [2.75, 3.05) is 44.6 Å². The summed E-state index contributed by atoms with van der Waals surface area (Å²) in [4.78, 5) is 40.5. The van der Waals surface area contributed by atoms with E-state index in [9.17, 15) is 14.4 Å². The molecule has 2 bridgehead atoms. The molecule has 1 saturated heterocycles. The number of piperidine rings is 1. The van der Waals surface area contributed by atoms with Crippen molar-refractivity contribution in [2.24, 2.45) is 5.92 Å². The van der Waals surface area contributed by atoms with Crippen LogP contribution < -0.4 is 25.7 Å². The van der Waals surface area contributed by atoms with Gasteiger partial charge in [0.25, 0.3) is 5.56 Å². The van der Waals surface area contributed by atoms with Crippen LogP contribution in [0.25, 0.3) is 0 Å². The second-order valence-corrected chi connectivity index (χ2v) is 9.96. The number of aromatic nitrogens is 1. The fourth-order valence-electron chi connectivity index (χ4n) is 4.92. The van der Waals surface area contributed by atoms with Crippen LogP contribution in [0.4, 0.5) is 10.5 Å². The van der Waals surface area contributed by atoms with Crippen LogP contribution in [0.15, 0.2) is 41.2 Å². The highest BCUT2D eigenvalue weighted by atomic mass is 32.2. The molecule has 35 heavy (non-hydrogen) atoms. The van der Waals surface area contributed by atoms with E-state index >= 15 is 0 Å². The lowest BCUT2D eigenvalue weighted by Gasteiger charge is -2.43. The first-order valence-corrected chi connectivity index (χ1v) is 13.1. The predicted molar refractivity (Wildman–Crippen MR) is 137 cm³/mol. The number of methoxy groups -OCH3 is 2. The van der Waals surface area contributed by atoms with Crippen LogP contribution in [0.2, 0.25) is 0 Å². The summed E-state index contributed by atoms with van der Waals surface area (Å²) >= 11 is 1.62. The normalized spacial score (nSPS) is 19.3. The van der Waals surface area contributed by atoms with E-state index < -0.39 is 6.04 Å². The van der Waals surface area contributed by atoms with E-state index in [1.165, 1.54) is 0 Å². The van der Waals surface area contributed by atoms with Gasteiger partial charge in [-0.1, -0.05) is 6.07 Å². The molecule has 2 N–H and O–H groups in total. The molecular formula is C25H32N4O5S. The number of hydrogen-bond donors (Lipinski definition) is 2. The number of carbonyl (C=O) groups is 2. The van der Waals surface area contributed by atoms with E-state index in [-0.39, 0.29) is 29.3 Å². The molecule has 3 amide bonds. The van der Waals surface area contributed by atoms with Crippen LogP contribution in [0.1, 0.15) is 24.5 Å². The standard InChI is InChI=1S/C25H32N4O5S/c1-33-19-10-18(11-20(12-19)34-2)26-24(31)21(7-8-35-3)27-25(32)28-13-16-9-17(15-28)22-5-4-6-23(30)29(22)14-16/h4-6,10-12,16-17,21H,7-9,13-15H2,1-3H3,(H,26,31)(H,27,32)/t16-,17+,21-/m0/s1. The van der Waals surface area contributed by atoms with E-state index in [4.69, 9.17) is 9.47 Å². The number of nitrogens with one attached hydrogen (secondary N) is 2. The Labute approximate surface area is 209 Å². The number of rotatable bonds is 8. The first-order valence-electron chi connectivity index (χ1n) is 11.7. The summed E-state index contributed by atoms with van der Waals surface area (Å²) in [7, 11) is 3.09. The quantitative estimate of drug-likeness (QED) is 0.578. The van der Waals surface area contributed by atoms with Gasteiger partial charge in [0, 0.05) is 61.2 Å². The van der Waals surface area contributed by atoms with Crippen molar-refractivity contribution in [3.05, 3.63) is 52.4 Å². The van der Waals surface area contributed by atoms with Gasteiger partial charge in [0.1, 0.15) is 17.5 Å². The number of likely N-dealkylation sites (tertiary alicyclic amines) is 1. The summed E-state index contributed by atoms with van der Waals surface area (Å²) in [5, 5.41) is 5.84. The maximum absolute atomic E-state index is 13.3. The highest BCUT2D eigenvalue weighted by Gasteiger charge is 2.37. The van der Waals surface area contributed by atoms with Crippen molar-refractivity contribution in [2.45, 2.75) is 31.3 Å². The summed E-state index contributed by atoms with van der Waals surface area (Å²) in [6, 6.07) is 9.53. The van der Waals surface area contributed by atoms with E-state index in [2.05, 4.69) is 10.6 Å². The first kappa shape index (κ1) is 25.0. The average Bonchev–Trinajstić information content (AvgIpc) is 2.86. The number of amides is 3. The zero-order valence-electron chi connectivity index (χ0n) is 20.3. The van der Waals surface area contributed by atoms with Gasteiger partial charge in [0.15, 0.2) is 0 Å². The Morgan fingerprint density at radius 2 is 1.86 bits per heavy atom. The topological polar surface area (TPSA) is 102 Å². The summed E-state index contributed by atoms with van der Waals surface area (Å²) in [5.74, 6) is 1.88. The molecule has 2 aliphatic heterocycles. The Morgan fingerprint density at radius 1 is 1.11 bits per heavy atom. The maximum Gasteiger partial charge on any atom is 0.318 e. The number of hydrogen-bond acceptors (Lipinski definition) is 6. The second-order valence-electron chi connectivity index (χ2n) is 8.98. The highest BCUT2D eigenvalue weighted by molar-refractivity contribution is 7.98. The molecule has 0 aliphatic carbocycles. The summed E-state index contributed by atoms with van der Waals surface area (Å²) in [6.07, 6.45) is 3.43. The number of nitrogens with zero attached hydrogens (tertiary/aromatic N) is 2. The Balaban J connectivity index is 1.45. The molecule has 1 aromatic carbocycles. The van der Waals surface area contributed by atoms with Crippen molar-refractivity contribution in [3.8, 4) is 11.5 Å². The molecule has 0 unspecified atom stereocenters. The molecule has 3 heterocycles. The second kappa shape index (κ2) is 11.1. The Bertz CT molecular complexity index is 1110. The molecule has 188 valence electrons. The minimum Gasteiger partial charge on any atom is -0.497 e. The number of ether oxygens (including phenoxy) is 2. The van der Waals surface area contributed by atoms with Crippen LogP contribution in [0.3, 0.4) is 0 Å². The smallest absolute Gasteiger partial charge is 0.318 e. The molecule has 3 atom stereocenters. The molecule has 0 spiro atoms. The lowest BCUT2D eigenvalue weighted by Crippen LogP contribution is -2.55. The third kappa shape index (κ3) is 5.75. The molecular weight excluding hydrogens is 468 g/mol. The number of thioether (sulfide) groups is 1. The average molecular weight is 501 g/mol. The van der Waals surface area contributed by atoms with Gasteiger partial charge in [-0.15, -0.1) is 0 Å². The molecule has 4 rings (SSSR count). The van der Waals surface area contributed by atoms with Gasteiger partial charge in [0.05, 0.1) is 14.2 Å². The van der Waals surface area contributed by atoms with E-state index in [1.807, 2.05) is 16.9 Å². The van der Waals surface area contributed by atoms with Gasteiger partial charge in [-0.3, -0.25) is 9.59 Å². The van der Waals surface area contributed by atoms with Crippen molar-refractivity contribution < 1.29 is 19.1 Å². The van der Waals surface area contributed by atoms with Crippen LogP contribution in [-0.4, -0.2) is 66.8 Å². The fourth-order valence-corrected chi connectivity index (χ4v) is 5.39. The van der Waals surface area contributed by atoms with Gasteiger partial charge in [-0.05, 0) is 36.8 Å². The summed E-state index contributed by atoms with van der Waals surface area (Å²) < 4.78 is 12.4. The first-order chi connectivity index (χ1) is 16.9. The number of carbonyl (C=O) groups excluding carboxylic acids is 2.